The van der Waals surface area contributed by atoms with Crippen LogP contribution in [0.3, 0.4) is 0 Å². The van der Waals surface area contributed by atoms with Crippen LogP contribution in [0, 0.1) is 17.6 Å². The highest BCUT2D eigenvalue weighted by atomic mass is 19.1. The molecule has 0 spiro atoms. The highest BCUT2D eigenvalue weighted by molar-refractivity contribution is 5.96. The summed E-state index contributed by atoms with van der Waals surface area (Å²) < 4.78 is 26.1. The third kappa shape index (κ3) is 5.37. The number of Topliss-reactive ketones (excluding diaryl/α,β-unsaturated/α-hetero) is 1. The van der Waals surface area contributed by atoms with Gasteiger partial charge in [0, 0.05) is 31.1 Å². The molecule has 0 fully saturated rings. The molecule has 1 unspecified atom stereocenters. The van der Waals surface area contributed by atoms with Crippen LogP contribution in [0.2, 0.25) is 0 Å². The zero-order chi connectivity index (χ0) is 15.1. The van der Waals surface area contributed by atoms with Gasteiger partial charge >= 0.3 is 0 Å². The van der Waals surface area contributed by atoms with Crippen LogP contribution in [-0.2, 0) is 0 Å². The van der Waals surface area contributed by atoms with E-state index in [0.29, 0.717) is 12.5 Å². The van der Waals surface area contributed by atoms with Crippen molar-refractivity contribution in [2.75, 3.05) is 19.6 Å². The molecule has 0 aliphatic rings. The molecule has 0 radical (unpaired) electrons. The van der Waals surface area contributed by atoms with Crippen molar-refractivity contribution in [3.05, 3.63) is 35.4 Å². The predicted octanol–water partition coefficient (Wildman–Crippen LogP) is 3.91. The minimum Gasteiger partial charge on any atom is -0.303 e. The van der Waals surface area contributed by atoms with Crippen molar-refractivity contribution in [1.29, 1.82) is 0 Å². The molecule has 1 aromatic carbocycles. The first-order chi connectivity index (χ1) is 9.46. The number of hydrogen-bond donors (Lipinski definition) is 0. The minimum absolute atomic E-state index is 0.113. The van der Waals surface area contributed by atoms with E-state index in [1.165, 1.54) is 0 Å². The highest BCUT2D eigenvalue weighted by Crippen LogP contribution is 2.11. The maximum absolute atomic E-state index is 13.1. The Balaban J connectivity index is 2.57. The highest BCUT2D eigenvalue weighted by Gasteiger charge is 2.12. The van der Waals surface area contributed by atoms with E-state index in [1.807, 2.05) is 0 Å². The predicted molar refractivity (Wildman–Crippen MR) is 76.9 cm³/mol. The largest absolute Gasteiger partial charge is 0.303 e. The molecule has 1 rings (SSSR count). The summed E-state index contributed by atoms with van der Waals surface area (Å²) in [5, 5.41) is 0. The second kappa shape index (κ2) is 8.10. The van der Waals surface area contributed by atoms with Crippen molar-refractivity contribution in [2.45, 2.75) is 33.6 Å². The topological polar surface area (TPSA) is 20.3 Å². The maximum atomic E-state index is 13.1. The quantitative estimate of drug-likeness (QED) is 0.674. The van der Waals surface area contributed by atoms with Crippen molar-refractivity contribution < 1.29 is 13.6 Å². The number of hydrogen-bond acceptors (Lipinski definition) is 2. The average molecular weight is 283 g/mol. The van der Waals surface area contributed by atoms with Crippen LogP contribution < -0.4 is 0 Å². The molecule has 0 N–H and O–H groups in total. The lowest BCUT2D eigenvalue weighted by atomic mass is 10.1. The van der Waals surface area contributed by atoms with Gasteiger partial charge < -0.3 is 4.90 Å². The molecule has 1 atom stereocenters. The molecule has 0 amide bonds. The minimum atomic E-state index is -0.708. The number of carbonyl (C=O) groups is 1. The molecule has 4 heteroatoms. The zero-order valence-electron chi connectivity index (χ0n) is 12.5. The van der Waals surface area contributed by atoms with E-state index in [2.05, 4.69) is 25.7 Å². The lowest BCUT2D eigenvalue weighted by Gasteiger charge is -2.23. The van der Waals surface area contributed by atoms with Gasteiger partial charge in [-0.15, -0.1) is 0 Å². The van der Waals surface area contributed by atoms with Crippen LogP contribution in [0.15, 0.2) is 18.2 Å². The van der Waals surface area contributed by atoms with E-state index in [4.69, 9.17) is 0 Å². The van der Waals surface area contributed by atoms with Crippen molar-refractivity contribution in [1.82, 2.24) is 4.90 Å². The smallest absolute Gasteiger partial charge is 0.164 e. The summed E-state index contributed by atoms with van der Waals surface area (Å²) in [5.41, 5.74) is 0.113. The van der Waals surface area contributed by atoms with Gasteiger partial charge in [-0.3, -0.25) is 4.79 Å². The van der Waals surface area contributed by atoms with Crippen LogP contribution in [0.5, 0.6) is 0 Å². The van der Waals surface area contributed by atoms with Crippen molar-refractivity contribution >= 4 is 5.78 Å². The molecule has 0 saturated heterocycles. The molecule has 0 aliphatic carbocycles. The summed E-state index contributed by atoms with van der Waals surface area (Å²) in [7, 11) is 0. The fraction of sp³-hybridized carbons (Fsp3) is 0.562. The van der Waals surface area contributed by atoms with E-state index >= 15 is 0 Å². The lowest BCUT2D eigenvalue weighted by Crippen LogP contribution is -2.30. The summed E-state index contributed by atoms with van der Waals surface area (Å²) in [5.74, 6) is -1.05. The van der Waals surface area contributed by atoms with Crippen LogP contribution >= 0.6 is 0 Å². The first-order valence-corrected chi connectivity index (χ1v) is 7.17. The SMILES string of the molecule is CCC(C)CN(CC)CCC(=O)c1cc(F)cc(F)c1. The van der Waals surface area contributed by atoms with Gasteiger partial charge in [-0.2, -0.15) is 0 Å². The Bertz CT molecular complexity index is 428. The van der Waals surface area contributed by atoms with Crippen LogP contribution in [0.1, 0.15) is 44.0 Å². The number of rotatable bonds is 8. The van der Waals surface area contributed by atoms with E-state index in [-0.39, 0.29) is 17.8 Å². The Morgan fingerprint density at radius 3 is 2.30 bits per heavy atom. The molecule has 0 heterocycles. The van der Waals surface area contributed by atoms with Gasteiger partial charge in [0.05, 0.1) is 0 Å². The van der Waals surface area contributed by atoms with E-state index in [1.54, 1.807) is 0 Å². The fourth-order valence-corrected chi connectivity index (χ4v) is 2.07. The Kier molecular flexibility index (Phi) is 6.79. The number of nitrogens with zero attached hydrogens (tertiary/aromatic N) is 1. The summed E-state index contributed by atoms with van der Waals surface area (Å²) in [6.07, 6.45) is 1.38. The second-order valence-corrected chi connectivity index (χ2v) is 5.24. The van der Waals surface area contributed by atoms with Crippen molar-refractivity contribution in [3.8, 4) is 0 Å². The molecular weight excluding hydrogens is 260 g/mol. The molecule has 2 nitrogen and oxygen atoms in total. The fourth-order valence-electron chi connectivity index (χ4n) is 2.07. The van der Waals surface area contributed by atoms with Gasteiger partial charge in [-0.05, 0) is 24.6 Å². The molecule has 0 aliphatic heterocycles. The van der Waals surface area contributed by atoms with Gasteiger partial charge in [0.2, 0.25) is 0 Å². The molecule has 0 bridgehead atoms. The Labute approximate surface area is 119 Å². The Hall–Kier alpha value is -1.29. The molecular formula is C16H23F2NO. The maximum Gasteiger partial charge on any atom is 0.164 e. The number of halogens is 2. The van der Waals surface area contributed by atoms with E-state index in [9.17, 15) is 13.6 Å². The molecule has 1 aromatic rings. The Morgan fingerprint density at radius 1 is 1.20 bits per heavy atom. The van der Waals surface area contributed by atoms with Crippen molar-refractivity contribution in [2.24, 2.45) is 5.92 Å². The van der Waals surface area contributed by atoms with Gasteiger partial charge in [-0.25, -0.2) is 8.78 Å². The first-order valence-electron chi connectivity index (χ1n) is 7.17. The lowest BCUT2D eigenvalue weighted by molar-refractivity contribution is 0.0960. The van der Waals surface area contributed by atoms with Crippen molar-refractivity contribution in [3.63, 3.8) is 0 Å². The third-order valence-electron chi connectivity index (χ3n) is 3.55. The van der Waals surface area contributed by atoms with Crippen LogP contribution in [0.4, 0.5) is 8.78 Å². The summed E-state index contributed by atoms with van der Waals surface area (Å²) in [6, 6.07) is 2.96. The molecule has 112 valence electrons. The van der Waals surface area contributed by atoms with Gasteiger partial charge in [0.25, 0.3) is 0 Å². The summed E-state index contributed by atoms with van der Waals surface area (Å²) in [4.78, 5) is 14.2. The monoisotopic (exact) mass is 283 g/mol. The van der Waals surface area contributed by atoms with Gasteiger partial charge in [-0.1, -0.05) is 27.2 Å². The average Bonchev–Trinajstić information content (AvgIpc) is 2.41. The van der Waals surface area contributed by atoms with E-state index < -0.39 is 11.6 Å². The van der Waals surface area contributed by atoms with Gasteiger partial charge in [0.1, 0.15) is 11.6 Å². The second-order valence-electron chi connectivity index (χ2n) is 5.24. The molecule has 0 aromatic heterocycles. The normalized spacial score (nSPS) is 12.7. The number of ketones is 1. The third-order valence-corrected chi connectivity index (χ3v) is 3.55. The van der Waals surface area contributed by atoms with Crippen LogP contribution in [0.25, 0.3) is 0 Å². The Morgan fingerprint density at radius 2 is 1.80 bits per heavy atom. The number of benzene rings is 1. The number of carbonyl (C=O) groups excluding carboxylic acids is 1. The summed E-state index contributed by atoms with van der Waals surface area (Å²) >= 11 is 0. The standard InChI is InChI=1S/C16H23F2NO/c1-4-12(3)11-19(5-2)7-6-16(20)13-8-14(17)10-15(18)9-13/h8-10,12H,4-7,11H2,1-3H3. The van der Waals surface area contributed by atoms with Crippen LogP contribution in [-0.4, -0.2) is 30.3 Å². The summed E-state index contributed by atoms with van der Waals surface area (Å²) in [6.45, 7) is 8.80. The molecule has 20 heavy (non-hydrogen) atoms. The zero-order valence-corrected chi connectivity index (χ0v) is 12.5. The van der Waals surface area contributed by atoms with E-state index in [0.717, 1.165) is 37.7 Å². The first kappa shape index (κ1) is 16.8. The van der Waals surface area contributed by atoms with Gasteiger partial charge in [0.15, 0.2) is 5.78 Å². The molecule has 0 saturated carbocycles.